The maximum Gasteiger partial charge on any atom is 0.326 e. The quantitative estimate of drug-likeness (QED) is 0.143. The maximum absolute atomic E-state index is 12.7. The summed E-state index contributed by atoms with van der Waals surface area (Å²) in [5, 5.41) is 34.2. The Morgan fingerprint density at radius 2 is 1.48 bits per heavy atom. The van der Waals surface area contributed by atoms with E-state index in [0.717, 1.165) is 0 Å². The lowest BCUT2D eigenvalue weighted by Gasteiger charge is -2.27. The number of carbonyl (C=O) groups excluding carboxylic acids is 3. The minimum atomic E-state index is -1.32. The summed E-state index contributed by atoms with van der Waals surface area (Å²) in [4.78, 5) is 59.5. The Morgan fingerprint density at radius 1 is 0.903 bits per heavy atom. The molecule has 4 unspecified atom stereocenters. The molecule has 0 aliphatic heterocycles. The molecule has 0 fully saturated rings. The molecule has 0 aliphatic rings. The molecule has 0 aromatic heterocycles. The number of aliphatic hydroxyl groups is 1. The van der Waals surface area contributed by atoms with Gasteiger partial charge in [-0.3, -0.25) is 19.2 Å². The fraction of sp³-hybridized carbons (Fsp3) is 0.722. The molecule has 0 saturated carbocycles. The Balaban J connectivity index is 5.38. The number of nitrogens with one attached hydrogen (secondary N) is 3. The van der Waals surface area contributed by atoms with Gasteiger partial charge in [0.15, 0.2) is 0 Å². The third kappa shape index (κ3) is 11.0. The number of amides is 3. The second kappa shape index (κ2) is 14.6. The van der Waals surface area contributed by atoms with Gasteiger partial charge < -0.3 is 37.0 Å². The summed E-state index contributed by atoms with van der Waals surface area (Å²) < 4.78 is 0. The van der Waals surface area contributed by atoms with Crippen molar-refractivity contribution >= 4 is 41.4 Å². The van der Waals surface area contributed by atoms with Crippen molar-refractivity contribution in [3.05, 3.63) is 0 Å². The third-order valence-corrected chi connectivity index (χ3v) is 4.93. The molecule has 0 aliphatic carbocycles. The zero-order chi connectivity index (χ0) is 24.1. The molecule has 0 saturated heterocycles. The predicted octanol–water partition coefficient (Wildman–Crippen LogP) is -1.88. The second-order valence-corrected chi connectivity index (χ2v) is 8.18. The number of carboxylic acid groups (broad SMARTS) is 2. The van der Waals surface area contributed by atoms with Gasteiger partial charge in [-0.15, -0.1) is 0 Å². The summed E-state index contributed by atoms with van der Waals surface area (Å²) in [6, 6.07) is -4.89. The molecule has 12 nitrogen and oxygen atoms in total. The first-order valence-electron chi connectivity index (χ1n) is 9.65. The van der Waals surface area contributed by atoms with Crippen molar-refractivity contribution in [2.24, 2.45) is 11.7 Å². The van der Waals surface area contributed by atoms with E-state index >= 15 is 0 Å². The fourth-order valence-electron chi connectivity index (χ4n) is 2.44. The third-order valence-electron chi connectivity index (χ3n) is 4.29. The van der Waals surface area contributed by atoms with Crippen molar-refractivity contribution in [3.63, 3.8) is 0 Å². The van der Waals surface area contributed by atoms with Crippen LogP contribution in [-0.4, -0.2) is 87.8 Å². The Bertz CT molecular complexity index is 646. The van der Waals surface area contributed by atoms with E-state index in [9.17, 15) is 29.1 Å². The Morgan fingerprint density at radius 3 is 1.94 bits per heavy atom. The molecular weight excluding hydrogens is 432 g/mol. The first-order valence-corrected chi connectivity index (χ1v) is 11.0. The van der Waals surface area contributed by atoms with Gasteiger partial charge in [0.05, 0.1) is 6.61 Å². The number of hydrogen-bond donors (Lipinski definition) is 7. The first-order chi connectivity index (χ1) is 14.4. The normalized spacial score (nSPS) is 14.8. The topological polar surface area (TPSA) is 208 Å². The Hall–Kier alpha value is -2.38. The lowest BCUT2D eigenvalue weighted by molar-refractivity contribution is -0.142. The van der Waals surface area contributed by atoms with Crippen LogP contribution < -0.4 is 21.7 Å². The van der Waals surface area contributed by atoms with Crippen LogP contribution >= 0.6 is 11.8 Å². The highest BCUT2D eigenvalue weighted by atomic mass is 32.2. The molecule has 0 spiro atoms. The molecule has 8 N–H and O–H groups in total. The van der Waals surface area contributed by atoms with Gasteiger partial charge in [-0.2, -0.15) is 11.8 Å². The van der Waals surface area contributed by atoms with E-state index in [2.05, 4.69) is 16.0 Å². The molecule has 178 valence electrons. The fourth-order valence-corrected chi connectivity index (χ4v) is 2.91. The summed E-state index contributed by atoms with van der Waals surface area (Å²) in [6.45, 7) is 2.59. The van der Waals surface area contributed by atoms with E-state index in [1.54, 1.807) is 20.1 Å². The number of aliphatic carboxylic acids is 2. The van der Waals surface area contributed by atoms with Gasteiger partial charge in [-0.25, -0.2) is 4.79 Å². The van der Waals surface area contributed by atoms with Crippen LogP contribution in [0.15, 0.2) is 0 Å². The van der Waals surface area contributed by atoms with Crippen molar-refractivity contribution in [2.75, 3.05) is 18.6 Å². The zero-order valence-corrected chi connectivity index (χ0v) is 18.6. The number of aliphatic hydroxyl groups excluding tert-OH is 1. The second-order valence-electron chi connectivity index (χ2n) is 7.19. The highest BCUT2D eigenvalue weighted by molar-refractivity contribution is 7.98. The van der Waals surface area contributed by atoms with Crippen molar-refractivity contribution in [2.45, 2.75) is 57.3 Å². The van der Waals surface area contributed by atoms with Gasteiger partial charge in [0.25, 0.3) is 0 Å². The van der Waals surface area contributed by atoms with E-state index in [1.165, 1.54) is 11.8 Å². The summed E-state index contributed by atoms with van der Waals surface area (Å²) in [6.07, 6.45) is 1.27. The van der Waals surface area contributed by atoms with Crippen LogP contribution in [0, 0.1) is 5.92 Å². The van der Waals surface area contributed by atoms with Crippen molar-refractivity contribution in [1.82, 2.24) is 16.0 Å². The smallest absolute Gasteiger partial charge is 0.326 e. The van der Waals surface area contributed by atoms with E-state index < -0.39 is 72.8 Å². The summed E-state index contributed by atoms with van der Waals surface area (Å²) in [7, 11) is 0. The van der Waals surface area contributed by atoms with Crippen LogP contribution in [0.1, 0.15) is 33.1 Å². The average Bonchev–Trinajstić information content (AvgIpc) is 2.70. The van der Waals surface area contributed by atoms with E-state index in [1.807, 2.05) is 0 Å². The van der Waals surface area contributed by atoms with Gasteiger partial charge in [0.2, 0.25) is 17.7 Å². The average molecular weight is 465 g/mol. The molecule has 0 bridgehead atoms. The number of carbonyl (C=O) groups is 5. The molecule has 0 heterocycles. The molecular formula is C18H32N4O8S. The molecule has 0 aromatic carbocycles. The van der Waals surface area contributed by atoms with Crippen LogP contribution in [0.3, 0.4) is 0 Å². The van der Waals surface area contributed by atoms with Crippen molar-refractivity contribution in [3.8, 4) is 0 Å². The first kappa shape index (κ1) is 28.6. The molecule has 0 rings (SSSR count). The molecule has 4 atom stereocenters. The van der Waals surface area contributed by atoms with Crippen LogP contribution in [0.2, 0.25) is 0 Å². The summed E-state index contributed by atoms with van der Waals surface area (Å²) in [5.74, 6) is -4.74. The summed E-state index contributed by atoms with van der Waals surface area (Å²) in [5.41, 5.74) is 5.41. The minimum absolute atomic E-state index is 0.192. The largest absolute Gasteiger partial charge is 0.481 e. The van der Waals surface area contributed by atoms with Crippen LogP contribution in [-0.2, 0) is 24.0 Å². The lowest BCUT2D eigenvalue weighted by Crippen LogP contribution is -2.58. The van der Waals surface area contributed by atoms with Crippen molar-refractivity contribution < 1.29 is 39.3 Å². The minimum Gasteiger partial charge on any atom is -0.481 e. The van der Waals surface area contributed by atoms with Gasteiger partial charge in [0.1, 0.15) is 24.2 Å². The predicted molar refractivity (Wildman–Crippen MR) is 113 cm³/mol. The number of carboxylic acids is 2. The SMILES string of the molecule is CSCCC(NC(=O)C(NC(=O)C(CCC(=O)O)NC(=O)C(N)CO)C(C)C)C(=O)O. The molecule has 0 radical (unpaired) electrons. The zero-order valence-electron chi connectivity index (χ0n) is 17.8. The van der Waals surface area contributed by atoms with Crippen LogP contribution in [0.5, 0.6) is 0 Å². The highest BCUT2D eigenvalue weighted by Crippen LogP contribution is 2.07. The standard InChI is InChI=1S/C18H32N4O8S/c1-9(2)14(17(28)21-12(18(29)30)6-7-31-3)22-16(27)11(4-5-13(24)25)20-15(26)10(19)8-23/h9-12,14,23H,4-8,19H2,1-3H3,(H,20,26)(H,21,28)(H,22,27)(H,24,25)(H,29,30). The summed E-state index contributed by atoms with van der Waals surface area (Å²) >= 11 is 1.42. The van der Waals surface area contributed by atoms with Crippen LogP contribution in [0.4, 0.5) is 0 Å². The van der Waals surface area contributed by atoms with E-state index in [-0.39, 0.29) is 12.8 Å². The van der Waals surface area contributed by atoms with Gasteiger partial charge in [-0.05, 0) is 30.8 Å². The maximum atomic E-state index is 12.7. The van der Waals surface area contributed by atoms with Gasteiger partial charge in [-0.1, -0.05) is 13.8 Å². The molecule has 3 amide bonds. The van der Waals surface area contributed by atoms with E-state index in [0.29, 0.717) is 5.75 Å². The number of nitrogens with two attached hydrogens (primary N) is 1. The Kier molecular flexibility index (Phi) is 13.5. The van der Waals surface area contributed by atoms with E-state index in [4.69, 9.17) is 15.9 Å². The molecule has 0 aromatic rings. The number of hydrogen-bond acceptors (Lipinski definition) is 8. The van der Waals surface area contributed by atoms with Gasteiger partial charge in [0, 0.05) is 6.42 Å². The lowest BCUT2D eigenvalue weighted by atomic mass is 10.0. The van der Waals surface area contributed by atoms with Crippen molar-refractivity contribution in [1.29, 1.82) is 0 Å². The number of thioether (sulfide) groups is 1. The number of rotatable bonds is 15. The van der Waals surface area contributed by atoms with Gasteiger partial charge >= 0.3 is 11.9 Å². The highest BCUT2D eigenvalue weighted by Gasteiger charge is 2.31. The molecule has 13 heteroatoms. The Labute approximate surface area is 184 Å². The van der Waals surface area contributed by atoms with Crippen LogP contribution in [0.25, 0.3) is 0 Å². The molecule has 31 heavy (non-hydrogen) atoms. The monoisotopic (exact) mass is 464 g/mol.